The first-order valence-electron chi connectivity index (χ1n) is 6.00. The van der Waals surface area contributed by atoms with Gasteiger partial charge in [0.25, 0.3) is 5.91 Å². The van der Waals surface area contributed by atoms with Crippen LogP contribution in [0.5, 0.6) is 0 Å². The minimum absolute atomic E-state index is 0.00136. The molecule has 3 heteroatoms. The molecule has 18 heavy (non-hydrogen) atoms. The van der Waals surface area contributed by atoms with E-state index in [2.05, 4.69) is 5.32 Å². The number of ether oxygens (including phenoxy) is 1. The highest BCUT2D eigenvalue weighted by molar-refractivity contribution is 6.07. The Balaban J connectivity index is 2.28. The quantitative estimate of drug-likeness (QED) is 0.896. The lowest BCUT2D eigenvalue weighted by molar-refractivity contribution is 0.0907. The van der Waals surface area contributed by atoms with Gasteiger partial charge in [-0.25, -0.2) is 0 Å². The van der Waals surface area contributed by atoms with Crippen molar-refractivity contribution in [1.82, 2.24) is 5.32 Å². The van der Waals surface area contributed by atoms with Gasteiger partial charge >= 0.3 is 0 Å². The average molecular weight is 243 g/mol. The lowest BCUT2D eigenvalue weighted by Crippen LogP contribution is -2.35. The molecule has 2 aromatic carbocycles. The van der Waals surface area contributed by atoms with E-state index in [9.17, 15) is 4.79 Å². The molecule has 0 aliphatic carbocycles. The second-order valence-corrected chi connectivity index (χ2v) is 4.36. The molecular formula is C15H17NO2. The second-order valence-electron chi connectivity index (χ2n) is 4.36. The Morgan fingerprint density at radius 2 is 1.94 bits per heavy atom. The van der Waals surface area contributed by atoms with Gasteiger partial charge in [-0.15, -0.1) is 0 Å². The predicted molar refractivity (Wildman–Crippen MR) is 72.8 cm³/mol. The van der Waals surface area contributed by atoms with Crippen molar-refractivity contribution < 1.29 is 9.53 Å². The number of hydrogen-bond donors (Lipinski definition) is 1. The fourth-order valence-electron chi connectivity index (χ4n) is 2.02. The van der Waals surface area contributed by atoms with Gasteiger partial charge < -0.3 is 10.1 Å². The van der Waals surface area contributed by atoms with E-state index in [4.69, 9.17) is 4.74 Å². The van der Waals surface area contributed by atoms with Crippen LogP contribution in [0.3, 0.4) is 0 Å². The molecule has 1 amide bonds. The normalized spacial score (nSPS) is 12.3. The molecule has 0 aliphatic heterocycles. The smallest absolute Gasteiger partial charge is 0.252 e. The maximum Gasteiger partial charge on any atom is 0.252 e. The number of methoxy groups -OCH3 is 1. The zero-order valence-corrected chi connectivity index (χ0v) is 10.6. The van der Waals surface area contributed by atoms with Crippen LogP contribution in [0.15, 0.2) is 42.5 Å². The third-order valence-electron chi connectivity index (χ3n) is 2.83. The summed E-state index contributed by atoms with van der Waals surface area (Å²) in [5, 5.41) is 4.97. The molecule has 0 aliphatic rings. The van der Waals surface area contributed by atoms with Crippen LogP contribution in [0, 0.1) is 0 Å². The molecule has 1 N–H and O–H groups in total. The minimum Gasteiger partial charge on any atom is -0.383 e. The van der Waals surface area contributed by atoms with Gasteiger partial charge in [-0.3, -0.25) is 4.79 Å². The van der Waals surface area contributed by atoms with Crippen molar-refractivity contribution in [2.75, 3.05) is 13.7 Å². The van der Waals surface area contributed by atoms with E-state index in [1.165, 1.54) is 0 Å². The third-order valence-corrected chi connectivity index (χ3v) is 2.83. The van der Waals surface area contributed by atoms with Crippen molar-refractivity contribution >= 4 is 16.7 Å². The van der Waals surface area contributed by atoms with Crippen LogP contribution in [0.2, 0.25) is 0 Å². The molecule has 0 unspecified atom stereocenters. The van der Waals surface area contributed by atoms with Crippen molar-refractivity contribution in [3.05, 3.63) is 48.0 Å². The molecule has 94 valence electrons. The lowest BCUT2D eigenvalue weighted by Gasteiger charge is -2.13. The van der Waals surface area contributed by atoms with Crippen LogP contribution >= 0.6 is 0 Å². The molecule has 1 atom stereocenters. The molecular weight excluding hydrogens is 226 g/mol. The number of benzene rings is 2. The van der Waals surface area contributed by atoms with Gasteiger partial charge in [0.2, 0.25) is 0 Å². The molecule has 0 fully saturated rings. The molecule has 3 nitrogen and oxygen atoms in total. The Morgan fingerprint density at radius 1 is 1.22 bits per heavy atom. The van der Waals surface area contributed by atoms with Gasteiger partial charge in [-0.05, 0) is 23.8 Å². The van der Waals surface area contributed by atoms with Gasteiger partial charge in [0, 0.05) is 18.7 Å². The number of amides is 1. The summed E-state index contributed by atoms with van der Waals surface area (Å²) in [7, 11) is 1.63. The summed E-state index contributed by atoms with van der Waals surface area (Å²) >= 11 is 0. The Morgan fingerprint density at radius 3 is 2.72 bits per heavy atom. The van der Waals surface area contributed by atoms with Crippen molar-refractivity contribution in [2.45, 2.75) is 13.0 Å². The maximum absolute atomic E-state index is 12.2. The Labute approximate surface area is 107 Å². The Kier molecular flexibility index (Phi) is 3.95. The van der Waals surface area contributed by atoms with E-state index in [1.54, 1.807) is 7.11 Å². The van der Waals surface area contributed by atoms with Crippen LogP contribution in [-0.2, 0) is 4.74 Å². The molecule has 0 saturated carbocycles. The van der Waals surface area contributed by atoms with Crippen molar-refractivity contribution in [1.29, 1.82) is 0 Å². The van der Waals surface area contributed by atoms with Crippen molar-refractivity contribution in [2.24, 2.45) is 0 Å². The lowest BCUT2D eigenvalue weighted by atomic mass is 10.0. The fourth-order valence-corrected chi connectivity index (χ4v) is 2.02. The molecule has 0 aromatic heterocycles. The number of carbonyl (C=O) groups excluding carboxylic acids is 1. The average Bonchev–Trinajstić information content (AvgIpc) is 2.38. The highest BCUT2D eigenvalue weighted by Gasteiger charge is 2.11. The van der Waals surface area contributed by atoms with Crippen LogP contribution in [0.4, 0.5) is 0 Å². The zero-order valence-electron chi connectivity index (χ0n) is 10.6. The standard InChI is InChI=1S/C15H17NO2/c1-11(10-18-2)16-15(17)14-9-5-7-12-6-3-4-8-13(12)14/h3-9,11H,10H2,1-2H3,(H,16,17)/t11-/m1/s1. The first kappa shape index (κ1) is 12.6. The van der Waals surface area contributed by atoms with Crippen LogP contribution in [0.25, 0.3) is 10.8 Å². The fraction of sp³-hybridized carbons (Fsp3) is 0.267. The van der Waals surface area contributed by atoms with E-state index in [-0.39, 0.29) is 11.9 Å². The minimum atomic E-state index is -0.0589. The van der Waals surface area contributed by atoms with E-state index in [1.807, 2.05) is 49.4 Å². The number of rotatable bonds is 4. The predicted octanol–water partition coefficient (Wildman–Crippen LogP) is 2.60. The summed E-state index contributed by atoms with van der Waals surface area (Å²) in [5.74, 6) is -0.0589. The summed E-state index contributed by atoms with van der Waals surface area (Å²) in [6.07, 6.45) is 0. The van der Waals surface area contributed by atoms with Gasteiger partial charge in [-0.1, -0.05) is 36.4 Å². The van der Waals surface area contributed by atoms with Gasteiger partial charge in [0.05, 0.1) is 6.61 Å². The summed E-state index contributed by atoms with van der Waals surface area (Å²) in [4.78, 5) is 12.2. The molecule has 2 rings (SSSR count). The summed E-state index contributed by atoms with van der Waals surface area (Å²) in [6, 6.07) is 13.6. The van der Waals surface area contributed by atoms with Gasteiger partial charge in [-0.2, -0.15) is 0 Å². The number of nitrogens with one attached hydrogen (secondary N) is 1. The highest BCUT2D eigenvalue weighted by Crippen LogP contribution is 2.18. The number of hydrogen-bond acceptors (Lipinski definition) is 2. The first-order valence-corrected chi connectivity index (χ1v) is 6.00. The summed E-state index contributed by atoms with van der Waals surface area (Å²) in [6.45, 7) is 2.43. The zero-order chi connectivity index (χ0) is 13.0. The molecule has 0 bridgehead atoms. The first-order chi connectivity index (χ1) is 8.72. The SMILES string of the molecule is COC[C@@H](C)NC(=O)c1cccc2ccccc12. The van der Waals surface area contributed by atoms with E-state index >= 15 is 0 Å². The number of fused-ring (bicyclic) bond motifs is 1. The van der Waals surface area contributed by atoms with E-state index in [0.29, 0.717) is 12.2 Å². The number of carbonyl (C=O) groups is 1. The van der Waals surface area contributed by atoms with E-state index < -0.39 is 0 Å². The molecule has 0 radical (unpaired) electrons. The topological polar surface area (TPSA) is 38.3 Å². The molecule has 0 heterocycles. The summed E-state index contributed by atoms with van der Waals surface area (Å²) < 4.78 is 5.01. The van der Waals surface area contributed by atoms with Crippen molar-refractivity contribution in [3.63, 3.8) is 0 Å². The van der Waals surface area contributed by atoms with Gasteiger partial charge in [0.1, 0.15) is 0 Å². The maximum atomic E-state index is 12.2. The Hall–Kier alpha value is -1.87. The monoisotopic (exact) mass is 243 g/mol. The second kappa shape index (κ2) is 5.65. The molecule has 0 spiro atoms. The Bertz CT molecular complexity index is 546. The molecule has 2 aromatic rings. The van der Waals surface area contributed by atoms with E-state index in [0.717, 1.165) is 10.8 Å². The van der Waals surface area contributed by atoms with Crippen LogP contribution in [-0.4, -0.2) is 25.7 Å². The van der Waals surface area contributed by atoms with Crippen LogP contribution in [0.1, 0.15) is 17.3 Å². The van der Waals surface area contributed by atoms with Gasteiger partial charge in [0.15, 0.2) is 0 Å². The third kappa shape index (κ3) is 2.68. The van der Waals surface area contributed by atoms with Crippen molar-refractivity contribution in [3.8, 4) is 0 Å². The van der Waals surface area contributed by atoms with Crippen LogP contribution < -0.4 is 5.32 Å². The largest absolute Gasteiger partial charge is 0.383 e. The molecule has 0 saturated heterocycles. The highest BCUT2D eigenvalue weighted by atomic mass is 16.5. The summed E-state index contributed by atoms with van der Waals surface area (Å²) in [5.41, 5.74) is 0.705.